The lowest BCUT2D eigenvalue weighted by Crippen LogP contribution is -2.27. The lowest BCUT2D eigenvalue weighted by atomic mass is 10.1. The van der Waals surface area contributed by atoms with Crippen LogP contribution in [0.4, 0.5) is 0 Å². The van der Waals surface area contributed by atoms with Crippen molar-refractivity contribution in [3.8, 4) is 17.1 Å². The van der Waals surface area contributed by atoms with Crippen molar-refractivity contribution in [1.29, 1.82) is 0 Å². The maximum absolute atomic E-state index is 12.9. The van der Waals surface area contributed by atoms with E-state index in [0.717, 1.165) is 15.4 Å². The minimum atomic E-state index is -3.94. The van der Waals surface area contributed by atoms with Crippen molar-refractivity contribution in [2.24, 2.45) is 0 Å². The highest BCUT2D eigenvalue weighted by Gasteiger charge is 2.27. The molecular weight excluding hydrogens is 425 g/mol. The average Bonchev–Trinajstić information content (AvgIpc) is 3.12. The van der Waals surface area contributed by atoms with Crippen molar-refractivity contribution in [2.75, 3.05) is 14.2 Å². The van der Waals surface area contributed by atoms with Gasteiger partial charge in [0.05, 0.1) is 18.7 Å². The summed E-state index contributed by atoms with van der Waals surface area (Å²) in [6, 6.07) is 10.4. The van der Waals surface area contributed by atoms with Gasteiger partial charge in [0, 0.05) is 12.6 Å². The molecule has 28 heavy (non-hydrogen) atoms. The Balaban J connectivity index is 1.84. The highest BCUT2D eigenvalue weighted by Crippen LogP contribution is 2.37. The first-order chi connectivity index (χ1) is 13.2. The first-order valence-electron chi connectivity index (χ1n) is 8.12. The molecule has 0 fully saturated rings. The molecule has 0 N–H and O–H groups in total. The molecular formula is C18H17Cl2N3O4S. The summed E-state index contributed by atoms with van der Waals surface area (Å²) < 4.78 is 37.0. The van der Waals surface area contributed by atoms with Crippen LogP contribution in [0.3, 0.4) is 0 Å². The first-order valence-corrected chi connectivity index (χ1v) is 10.3. The van der Waals surface area contributed by atoms with Crippen LogP contribution in [0.15, 0.2) is 45.8 Å². The summed E-state index contributed by atoms with van der Waals surface area (Å²) >= 11 is 12.2. The van der Waals surface area contributed by atoms with E-state index in [1.54, 1.807) is 0 Å². The molecule has 7 nitrogen and oxygen atoms in total. The quantitative estimate of drug-likeness (QED) is 0.570. The van der Waals surface area contributed by atoms with Gasteiger partial charge < -0.3 is 9.26 Å². The number of hydrogen-bond acceptors (Lipinski definition) is 6. The third kappa shape index (κ3) is 4.00. The summed E-state index contributed by atoms with van der Waals surface area (Å²) in [4.78, 5) is 4.12. The fraction of sp³-hybridized carbons (Fsp3) is 0.222. The number of aromatic nitrogens is 2. The van der Waals surface area contributed by atoms with Crippen LogP contribution in [0.5, 0.6) is 5.75 Å². The van der Waals surface area contributed by atoms with Crippen LogP contribution >= 0.6 is 23.2 Å². The van der Waals surface area contributed by atoms with Crippen LogP contribution < -0.4 is 4.74 Å². The van der Waals surface area contributed by atoms with Gasteiger partial charge in [-0.05, 0) is 19.1 Å². The van der Waals surface area contributed by atoms with E-state index >= 15 is 0 Å². The lowest BCUT2D eigenvalue weighted by molar-refractivity contribution is 0.336. The van der Waals surface area contributed by atoms with Crippen LogP contribution in [-0.4, -0.2) is 37.0 Å². The number of methoxy groups -OCH3 is 1. The highest BCUT2D eigenvalue weighted by molar-refractivity contribution is 7.89. The maximum Gasteiger partial charge on any atom is 0.244 e. The van der Waals surface area contributed by atoms with Crippen molar-refractivity contribution in [3.63, 3.8) is 0 Å². The lowest BCUT2D eigenvalue weighted by Gasteiger charge is -2.17. The van der Waals surface area contributed by atoms with Crippen molar-refractivity contribution >= 4 is 33.2 Å². The van der Waals surface area contributed by atoms with Gasteiger partial charge in [-0.15, -0.1) is 0 Å². The topological polar surface area (TPSA) is 85.5 Å². The zero-order valence-electron chi connectivity index (χ0n) is 15.3. The number of aryl methyl sites for hydroxylation is 1. The van der Waals surface area contributed by atoms with Gasteiger partial charge in [-0.2, -0.15) is 9.29 Å². The van der Waals surface area contributed by atoms with Crippen molar-refractivity contribution in [1.82, 2.24) is 14.4 Å². The SMILES string of the molecule is COc1ccc(S(=O)(=O)N(C)Cc2nc(-c3ccc(C)cc3)no2)c(Cl)c1Cl. The number of nitrogens with zero attached hydrogens (tertiary/aromatic N) is 3. The summed E-state index contributed by atoms with van der Waals surface area (Å²) in [6.07, 6.45) is 0. The molecule has 0 unspecified atom stereocenters. The standard InChI is InChI=1S/C18H17Cl2N3O4S/c1-11-4-6-12(7-5-11)18-21-15(27-22-18)10-23(2)28(24,25)14-9-8-13(26-3)16(19)17(14)20/h4-9H,10H2,1-3H3. The molecule has 10 heteroatoms. The number of hydrogen-bond donors (Lipinski definition) is 0. The molecule has 0 amide bonds. The molecule has 148 valence electrons. The predicted octanol–water partition coefficient (Wildman–Crippen LogP) is 4.18. The number of sulfonamides is 1. The van der Waals surface area contributed by atoms with E-state index < -0.39 is 10.0 Å². The largest absolute Gasteiger partial charge is 0.495 e. The van der Waals surface area contributed by atoms with E-state index in [1.165, 1.54) is 26.3 Å². The van der Waals surface area contributed by atoms with Crippen LogP contribution in [-0.2, 0) is 16.6 Å². The average molecular weight is 442 g/mol. The third-order valence-corrected chi connectivity index (χ3v) is 6.88. The van der Waals surface area contributed by atoms with Crippen molar-refractivity contribution in [3.05, 3.63) is 57.9 Å². The van der Waals surface area contributed by atoms with Crippen molar-refractivity contribution < 1.29 is 17.7 Å². The van der Waals surface area contributed by atoms with Gasteiger partial charge in [0.15, 0.2) is 0 Å². The van der Waals surface area contributed by atoms with E-state index in [-0.39, 0.29) is 33.1 Å². The van der Waals surface area contributed by atoms with E-state index in [2.05, 4.69) is 10.1 Å². The molecule has 0 bridgehead atoms. The molecule has 0 aliphatic rings. The molecule has 0 aliphatic carbocycles. The Morgan fingerprint density at radius 2 is 1.79 bits per heavy atom. The number of ether oxygens (including phenoxy) is 1. The van der Waals surface area contributed by atoms with Gasteiger partial charge >= 0.3 is 0 Å². The smallest absolute Gasteiger partial charge is 0.244 e. The fourth-order valence-corrected chi connectivity index (χ4v) is 4.38. The van der Waals surface area contributed by atoms with Crippen LogP contribution in [0.2, 0.25) is 10.0 Å². The number of halogens is 2. The highest BCUT2D eigenvalue weighted by atomic mass is 35.5. The minimum absolute atomic E-state index is 0.0260. The van der Waals surface area contributed by atoms with Gasteiger partial charge in [0.25, 0.3) is 0 Å². The molecule has 0 aliphatic heterocycles. The fourth-order valence-electron chi connectivity index (χ4n) is 2.45. The van der Waals surface area contributed by atoms with E-state index in [4.69, 9.17) is 32.5 Å². The zero-order chi connectivity index (χ0) is 20.5. The molecule has 0 atom stereocenters. The van der Waals surface area contributed by atoms with E-state index in [0.29, 0.717) is 5.82 Å². The summed E-state index contributed by atoms with van der Waals surface area (Å²) in [7, 11) is -1.14. The molecule has 1 heterocycles. The third-order valence-electron chi connectivity index (χ3n) is 4.06. The number of benzene rings is 2. The Morgan fingerprint density at radius 1 is 1.11 bits per heavy atom. The molecule has 0 spiro atoms. The predicted molar refractivity (Wildman–Crippen MR) is 106 cm³/mol. The Hall–Kier alpha value is -2.13. The Bertz CT molecular complexity index is 1100. The van der Waals surface area contributed by atoms with Gasteiger partial charge in [-0.25, -0.2) is 8.42 Å². The summed E-state index contributed by atoms with van der Waals surface area (Å²) in [5.41, 5.74) is 1.88. The van der Waals surface area contributed by atoms with Crippen LogP contribution in [0.25, 0.3) is 11.4 Å². The van der Waals surface area contributed by atoms with Crippen LogP contribution in [0.1, 0.15) is 11.5 Å². The van der Waals surface area contributed by atoms with Gasteiger partial charge in [-0.3, -0.25) is 0 Å². The van der Waals surface area contributed by atoms with Crippen molar-refractivity contribution in [2.45, 2.75) is 18.4 Å². The summed E-state index contributed by atoms with van der Waals surface area (Å²) in [6.45, 7) is 1.85. The summed E-state index contributed by atoms with van der Waals surface area (Å²) in [5.74, 6) is 0.816. The molecule has 0 radical (unpaired) electrons. The van der Waals surface area contributed by atoms with E-state index in [9.17, 15) is 8.42 Å². The second-order valence-corrected chi connectivity index (χ2v) is 8.80. The van der Waals surface area contributed by atoms with Gasteiger partial charge in [0.1, 0.15) is 15.7 Å². The monoisotopic (exact) mass is 441 g/mol. The Morgan fingerprint density at radius 3 is 2.43 bits per heavy atom. The number of rotatable bonds is 6. The molecule has 3 rings (SSSR count). The van der Waals surface area contributed by atoms with Gasteiger partial charge in [-0.1, -0.05) is 58.2 Å². The summed E-state index contributed by atoms with van der Waals surface area (Å²) in [5, 5.41) is 3.82. The van der Waals surface area contributed by atoms with E-state index in [1.807, 2.05) is 31.2 Å². The second-order valence-electron chi connectivity index (χ2n) is 6.03. The molecule has 0 saturated heterocycles. The minimum Gasteiger partial charge on any atom is -0.495 e. The first kappa shape index (κ1) is 20.6. The Kier molecular flexibility index (Phi) is 5.95. The second kappa shape index (κ2) is 8.08. The maximum atomic E-state index is 12.9. The Labute approximate surface area is 172 Å². The molecule has 3 aromatic rings. The van der Waals surface area contributed by atoms with Gasteiger partial charge in [0.2, 0.25) is 21.7 Å². The van der Waals surface area contributed by atoms with Crippen LogP contribution in [0, 0.1) is 6.92 Å². The molecule has 1 aromatic heterocycles. The molecule has 2 aromatic carbocycles. The molecule has 0 saturated carbocycles. The zero-order valence-corrected chi connectivity index (χ0v) is 17.6. The normalized spacial score (nSPS) is 11.8.